The summed E-state index contributed by atoms with van der Waals surface area (Å²) in [6.07, 6.45) is 0.186. The fourth-order valence-corrected chi connectivity index (χ4v) is 2.65. The van der Waals surface area contributed by atoms with Gasteiger partial charge in [-0.15, -0.1) is 11.3 Å². The second-order valence-corrected chi connectivity index (χ2v) is 5.46. The molecule has 0 spiro atoms. The van der Waals surface area contributed by atoms with E-state index in [0.717, 1.165) is 5.56 Å². The first-order valence-corrected chi connectivity index (χ1v) is 7.01. The average Bonchev–Trinajstić information content (AvgIpc) is 2.89. The Bertz CT molecular complexity index is 639. The number of methoxy groups -OCH3 is 1. The quantitative estimate of drug-likeness (QED) is 0.881. The summed E-state index contributed by atoms with van der Waals surface area (Å²) in [6.45, 7) is 0. The molecule has 0 saturated carbocycles. The van der Waals surface area contributed by atoms with Gasteiger partial charge in [-0.2, -0.15) is 0 Å². The van der Waals surface area contributed by atoms with Crippen LogP contribution in [0.2, 0.25) is 5.02 Å². The third-order valence-electron chi connectivity index (χ3n) is 2.56. The average molecular weight is 310 g/mol. The van der Waals surface area contributed by atoms with E-state index in [-0.39, 0.29) is 12.3 Å². The molecule has 0 aliphatic rings. The van der Waals surface area contributed by atoms with Gasteiger partial charge in [0.05, 0.1) is 18.5 Å². The summed E-state index contributed by atoms with van der Waals surface area (Å²) in [5.74, 6) is -0.599. The van der Waals surface area contributed by atoms with Gasteiger partial charge >= 0.3 is 5.97 Å². The minimum atomic E-state index is -0.415. The number of esters is 1. The van der Waals surface area contributed by atoms with E-state index in [4.69, 9.17) is 11.6 Å². The number of anilines is 1. The van der Waals surface area contributed by atoms with Gasteiger partial charge < -0.3 is 10.1 Å². The van der Waals surface area contributed by atoms with Crippen molar-refractivity contribution >= 4 is 39.8 Å². The number of thiophene rings is 1. The molecule has 0 aliphatic carbocycles. The first-order valence-electron chi connectivity index (χ1n) is 5.81. The molecule has 6 heteroatoms. The van der Waals surface area contributed by atoms with E-state index in [9.17, 15) is 9.59 Å². The SMILES string of the molecule is COC(=O)c1ccc(NC(=O)Cc2ccccc2Cl)s1. The Morgan fingerprint density at radius 1 is 1.25 bits per heavy atom. The zero-order valence-corrected chi connectivity index (χ0v) is 12.3. The Morgan fingerprint density at radius 3 is 2.70 bits per heavy atom. The maximum Gasteiger partial charge on any atom is 0.348 e. The maximum atomic E-state index is 11.9. The first-order chi connectivity index (χ1) is 9.60. The van der Waals surface area contributed by atoms with Crippen LogP contribution in [0.4, 0.5) is 5.00 Å². The van der Waals surface area contributed by atoms with Crippen LogP contribution in [0.5, 0.6) is 0 Å². The minimum Gasteiger partial charge on any atom is -0.465 e. The predicted octanol–water partition coefficient (Wildman–Crippen LogP) is 3.37. The molecule has 1 aromatic carbocycles. The molecule has 1 heterocycles. The van der Waals surface area contributed by atoms with Gasteiger partial charge in [-0.3, -0.25) is 4.79 Å². The topological polar surface area (TPSA) is 55.4 Å². The zero-order chi connectivity index (χ0) is 14.5. The highest BCUT2D eigenvalue weighted by Gasteiger charge is 2.12. The van der Waals surface area contributed by atoms with Gasteiger partial charge in [-0.05, 0) is 23.8 Å². The molecule has 2 rings (SSSR count). The van der Waals surface area contributed by atoms with E-state index in [2.05, 4.69) is 10.1 Å². The molecule has 0 unspecified atom stereocenters. The predicted molar refractivity (Wildman–Crippen MR) is 79.4 cm³/mol. The maximum absolute atomic E-state index is 11.9. The molecule has 20 heavy (non-hydrogen) atoms. The molecule has 2 aromatic rings. The van der Waals surface area contributed by atoms with Crippen LogP contribution < -0.4 is 5.32 Å². The lowest BCUT2D eigenvalue weighted by molar-refractivity contribution is -0.115. The smallest absolute Gasteiger partial charge is 0.348 e. The number of halogens is 1. The van der Waals surface area contributed by atoms with E-state index in [1.54, 1.807) is 24.3 Å². The molecule has 1 amide bonds. The number of benzene rings is 1. The summed E-state index contributed by atoms with van der Waals surface area (Å²) in [5, 5.41) is 3.89. The van der Waals surface area contributed by atoms with E-state index in [1.807, 2.05) is 12.1 Å². The first kappa shape index (κ1) is 14.6. The summed E-state index contributed by atoms with van der Waals surface area (Å²) in [5.41, 5.74) is 0.761. The van der Waals surface area contributed by atoms with Crippen LogP contribution in [-0.4, -0.2) is 19.0 Å². The summed E-state index contributed by atoms with van der Waals surface area (Å²) >= 11 is 7.17. The van der Waals surface area contributed by atoms with Crippen molar-refractivity contribution in [1.82, 2.24) is 0 Å². The third-order valence-corrected chi connectivity index (χ3v) is 3.91. The van der Waals surface area contributed by atoms with Crippen LogP contribution in [0.1, 0.15) is 15.2 Å². The Balaban J connectivity index is 2.00. The Kier molecular flexibility index (Phi) is 4.76. The highest BCUT2D eigenvalue weighted by atomic mass is 35.5. The minimum absolute atomic E-state index is 0.184. The number of ether oxygens (including phenoxy) is 1. The standard InChI is InChI=1S/C14H12ClNO3S/c1-19-14(18)11-6-7-13(20-11)16-12(17)8-9-4-2-3-5-10(9)15/h2-7H,8H2,1H3,(H,16,17). The monoisotopic (exact) mass is 309 g/mol. The molecule has 4 nitrogen and oxygen atoms in total. The van der Waals surface area contributed by atoms with Gasteiger partial charge in [0, 0.05) is 5.02 Å². The lowest BCUT2D eigenvalue weighted by Gasteiger charge is -2.04. The van der Waals surface area contributed by atoms with Crippen LogP contribution in [0, 0.1) is 0 Å². The number of carbonyl (C=O) groups is 2. The number of amides is 1. The normalized spacial score (nSPS) is 10.1. The largest absolute Gasteiger partial charge is 0.465 e. The van der Waals surface area contributed by atoms with Crippen molar-refractivity contribution < 1.29 is 14.3 Å². The summed E-state index contributed by atoms with van der Waals surface area (Å²) in [7, 11) is 1.32. The second-order valence-electron chi connectivity index (χ2n) is 3.97. The molecule has 1 aromatic heterocycles. The van der Waals surface area contributed by atoms with Gasteiger partial charge in [0.25, 0.3) is 0 Å². The van der Waals surface area contributed by atoms with Crippen LogP contribution in [-0.2, 0) is 16.0 Å². The molecule has 104 valence electrons. The summed E-state index contributed by atoms with van der Waals surface area (Å²) in [4.78, 5) is 23.7. The fraction of sp³-hybridized carbons (Fsp3) is 0.143. The lowest BCUT2D eigenvalue weighted by atomic mass is 10.1. The van der Waals surface area contributed by atoms with Crippen molar-refractivity contribution in [1.29, 1.82) is 0 Å². The highest BCUT2D eigenvalue weighted by molar-refractivity contribution is 7.18. The summed E-state index contributed by atoms with van der Waals surface area (Å²) in [6, 6.07) is 10.5. The van der Waals surface area contributed by atoms with Gasteiger partial charge in [-0.25, -0.2) is 4.79 Å². The van der Waals surface area contributed by atoms with E-state index in [1.165, 1.54) is 18.4 Å². The molecule has 1 N–H and O–H groups in total. The van der Waals surface area contributed by atoms with E-state index < -0.39 is 5.97 Å². The Hall–Kier alpha value is -1.85. The number of hydrogen-bond acceptors (Lipinski definition) is 4. The second kappa shape index (κ2) is 6.54. The van der Waals surface area contributed by atoms with Crippen molar-refractivity contribution in [3.8, 4) is 0 Å². The van der Waals surface area contributed by atoms with Crippen molar-refractivity contribution in [2.75, 3.05) is 12.4 Å². The number of carbonyl (C=O) groups excluding carboxylic acids is 2. The van der Waals surface area contributed by atoms with Crippen LogP contribution in [0.15, 0.2) is 36.4 Å². The molecule has 0 atom stereocenters. The number of rotatable bonds is 4. The van der Waals surface area contributed by atoms with Crippen molar-refractivity contribution in [2.45, 2.75) is 6.42 Å². The van der Waals surface area contributed by atoms with Crippen molar-refractivity contribution in [3.63, 3.8) is 0 Å². The van der Waals surface area contributed by atoms with E-state index in [0.29, 0.717) is 14.9 Å². The summed E-state index contributed by atoms with van der Waals surface area (Å²) < 4.78 is 4.61. The molecular formula is C14H12ClNO3S. The van der Waals surface area contributed by atoms with Crippen molar-refractivity contribution in [2.24, 2.45) is 0 Å². The van der Waals surface area contributed by atoms with Crippen LogP contribution in [0.3, 0.4) is 0 Å². The molecule has 0 radical (unpaired) electrons. The van der Waals surface area contributed by atoms with Gasteiger partial charge in [0.2, 0.25) is 5.91 Å². The number of nitrogens with one attached hydrogen (secondary N) is 1. The van der Waals surface area contributed by atoms with Gasteiger partial charge in [-0.1, -0.05) is 29.8 Å². The van der Waals surface area contributed by atoms with Gasteiger partial charge in [0.15, 0.2) is 0 Å². The molecule has 0 fully saturated rings. The lowest BCUT2D eigenvalue weighted by Crippen LogP contribution is -2.13. The number of hydrogen-bond donors (Lipinski definition) is 1. The third kappa shape index (κ3) is 3.59. The molecule has 0 aliphatic heterocycles. The van der Waals surface area contributed by atoms with Crippen LogP contribution in [0.25, 0.3) is 0 Å². The van der Waals surface area contributed by atoms with Crippen molar-refractivity contribution in [3.05, 3.63) is 51.9 Å². The molecule has 0 bridgehead atoms. The zero-order valence-electron chi connectivity index (χ0n) is 10.7. The Labute approximate surface area is 125 Å². The van der Waals surface area contributed by atoms with Crippen LogP contribution >= 0.6 is 22.9 Å². The fourth-order valence-electron chi connectivity index (χ4n) is 1.61. The molecular weight excluding hydrogens is 298 g/mol. The highest BCUT2D eigenvalue weighted by Crippen LogP contribution is 2.23. The van der Waals surface area contributed by atoms with Gasteiger partial charge in [0.1, 0.15) is 4.88 Å². The van der Waals surface area contributed by atoms with E-state index >= 15 is 0 Å². The molecule has 0 saturated heterocycles. The Morgan fingerprint density at radius 2 is 2.00 bits per heavy atom.